The summed E-state index contributed by atoms with van der Waals surface area (Å²) in [6.45, 7) is 9.48. The molecule has 1 aliphatic carbocycles. The summed E-state index contributed by atoms with van der Waals surface area (Å²) in [4.78, 5) is 46.0. The number of ether oxygens (including phenoxy) is 4. The molecule has 0 saturated carbocycles. The van der Waals surface area contributed by atoms with Crippen LogP contribution in [0, 0.1) is 5.92 Å². The summed E-state index contributed by atoms with van der Waals surface area (Å²) in [7, 11) is 0. The van der Waals surface area contributed by atoms with Crippen LogP contribution in [0.2, 0.25) is 0 Å². The largest absolute Gasteiger partial charge is 0.515 e. The van der Waals surface area contributed by atoms with Gasteiger partial charge in [0.05, 0.1) is 0 Å². The fourth-order valence-electron chi connectivity index (χ4n) is 4.29. The van der Waals surface area contributed by atoms with Crippen molar-refractivity contribution >= 4 is 25.1 Å². The summed E-state index contributed by atoms with van der Waals surface area (Å²) in [5.74, 6) is 0.0600. The van der Waals surface area contributed by atoms with Gasteiger partial charge in [-0.25, -0.2) is 9.59 Å². The summed E-state index contributed by atoms with van der Waals surface area (Å²) < 4.78 is 21.1. The van der Waals surface area contributed by atoms with Crippen LogP contribution >= 0.6 is 0 Å². The first kappa shape index (κ1) is 29.4. The fourth-order valence-corrected chi connectivity index (χ4v) is 4.29. The molecule has 0 bridgehead atoms. The molecule has 10 nitrogen and oxygen atoms in total. The molecule has 0 heterocycles. The van der Waals surface area contributed by atoms with Gasteiger partial charge in [-0.1, -0.05) is 43.6 Å². The SMILES string of the molecule is C=C(C)C1CCC(C)=CC1c1c(OC(=O)OCNC=O)cc(CCCCC)cc1OC(=O)OCNC=O. The highest BCUT2D eigenvalue weighted by Gasteiger charge is 2.33. The Balaban J connectivity index is 2.59. The van der Waals surface area contributed by atoms with Crippen LogP contribution in [0.15, 0.2) is 35.9 Å². The Labute approximate surface area is 217 Å². The molecule has 0 aliphatic heterocycles. The second kappa shape index (κ2) is 15.3. The molecule has 2 atom stereocenters. The second-order valence-corrected chi connectivity index (χ2v) is 8.92. The lowest BCUT2D eigenvalue weighted by atomic mass is 9.73. The van der Waals surface area contributed by atoms with Crippen molar-refractivity contribution in [2.24, 2.45) is 5.92 Å². The molecule has 0 spiro atoms. The third-order valence-electron chi connectivity index (χ3n) is 6.05. The van der Waals surface area contributed by atoms with Crippen molar-refractivity contribution in [3.8, 4) is 11.5 Å². The Bertz CT molecular complexity index is 955. The van der Waals surface area contributed by atoms with Gasteiger partial charge in [0.15, 0.2) is 13.5 Å². The summed E-state index contributed by atoms with van der Waals surface area (Å²) in [6, 6.07) is 3.50. The van der Waals surface area contributed by atoms with Crippen molar-refractivity contribution < 1.29 is 38.1 Å². The molecule has 0 radical (unpaired) electrons. The Morgan fingerprint density at radius 2 is 1.59 bits per heavy atom. The zero-order valence-electron chi connectivity index (χ0n) is 21.7. The maximum atomic E-state index is 12.5. The zero-order valence-corrected chi connectivity index (χ0v) is 21.7. The molecule has 1 aromatic carbocycles. The Hall–Kier alpha value is -3.82. The van der Waals surface area contributed by atoms with Gasteiger partial charge in [-0.2, -0.15) is 0 Å². The van der Waals surface area contributed by atoms with Gasteiger partial charge in [-0.15, -0.1) is 0 Å². The van der Waals surface area contributed by atoms with Gasteiger partial charge < -0.3 is 29.6 Å². The van der Waals surface area contributed by atoms with E-state index in [1.807, 2.05) is 13.8 Å². The van der Waals surface area contributed by atoms with Gasteiger partial charge >= 0.3 is 12.3 Å². The first-order valence-corrected chi connectivity index (χ1v) is 12.3. The molecule has 0 saturated heterocycles. The van der Waals surface area contributed by atoms with Crippen molar-refractivity contribution in [3.63, 3.8) is 0 Å². The van der Waals surface area contributed by atoms with E-state index in [9.17, 15) is 19.2 Å². The van der Waals surface area contributed by atoms with Gasteiger partial charge in [-0.3, -0.25) is 9.59 Å². The number of unbranched alkanes of at least 4 members (excludes halogenated alkanes) is 2. The molecule has 2 rings (SSSR count). The predicted octanol–water partition coefficient (Wildman–Crippen LogP) is 4.87. The molecule has 0 aromatic heterocycles. The van der Waals surface area contributed by atoms with Crippen molar-refractivity contribution in [1.29, 1.82) is 0 Å². The summed E-state index contributed by atoms with van der Waals surface area (Å²) >= 11 is 0. The predicted molar refractivity (Wildman–Crippen MR) is 136 cm³/mol. The number of aryl methyl sites for hydroxylation is 1. The normalized spacial score (nSPS) is 16.6. The number of hydrogen-bond acceptors (Lipinski definition) is 8. The Morgan fingerprint density at radius 3 is 2.08 bits per heavy atom. The van der Waals surface area contributed by atoms with E-state index >= 15 is 0 Å². The van der Waals surface area contributed by atoms with Gasteiger partial charge in [0.2, 0.25) is 12.8 Å². The molecule has 1 aliphatic rings. The van der Waals surface area contributed by atoms with E-state index < -0.39 is 12.3 Å². The first-order chi connectivity index (χ1) is 17.8. The van der Waals surface area contributed by atoms with E-state index in [2.05, 4.69) is 30.2 Å². The molecule has 2 unspecified atom stereocenters. The Morgan fingerprint density at radius 1 is 1.03 bits per heavy atom. The van der Waals surface area contributed by atoms with Gasteiger partial charge in [0, 0.05) is 11.5 Å². The number of amides is 2. The highest BCUT2D eigenvalue weighted by molar-refractivity contribution is 5.70. The number of nitrogens with one attached hydrogen (secondary N) is 2. The number of rotatable bonds is 14. The molecule has 1 aromatic rings. The van der Waals surface area contributed by atoms with Crippen molar-refractivity contribution in [1.82, 2.24) is 10.6 Å². The minimum absolute atomic E-state index is 0.000146. The van der Waals surface area contributed by atoms with E-state index in [-0.39, 0.29) is 36.8 Å². The number of carbonyl (C=O) groups is 4. The lowest BCUT2D eigenvalue weighted by molar-refractivity contribution is -0.111. The monoisotopic (exact) mass is 516 g/mol. The number of allylic oxidation sites excluding steroid dienone is 3. The Kier molecular flexibility index (Phi) is 12.2. The van der Waals surface area contributed by atoms with Crippen LogP contribution in [0.5, 0.6) is 11.5 Å². The smallest absolute Gasteiger partial charge is 0.413 e. The molecule has 202 valence electrons. The molecule has 37 heavy (non-hydrogen) atoms. The molecular weight excluding hydrogens is 480 g/mol. The van der Waals surface area contributed by atoms with Crippen LogP contribution in [0.3, 0.4) is 0 Å². The highest BCUT2D eigenvalue weighted by atomic mass is 16.7. The summed E-state index contributed by atoms with van der Waals surface area (Å²) in [5, 5.41) is 4.47. The highest BCUT2D eigenvalue weighted by Crippen LogP contribution is 2.47. The van der Waals surface area contributed by atoms with Crippen molar-refractivity contribution in [3.05, 3.63) is 47.1 Å². The van der Waals surface area contributed by atoms with Crippen LogP contribution in [-0.2, 0) is 25.5 Å². The van der Waals surface area contributed by atoms with Gasteiger partial charge in [-0.05, 0) is 63.1 Å². The van der Waals surface area contributed by atoms with Gasteiger partial charge in [0.25, 0.3) is 0 Å². The quantitative estimate of drug-likeness (QED) is 0.0894. The summed E-state index contributed by atoms with van der Waals surface area (Å²) in [6.07, 6.45) is 6.08. The van der Waals surface area contributed by atoms with Crippen LogP contribution in [-0.4, -0.2) is 38.6 Å². The van der Waals surface area contributed by atoms with Crippen molar-refractivity contribution in [2.45, 2.75) is 65.2 Å². The third kappa shape index (κ3) is 9.29. The minimum atomic E-state index is -1.02. The van der Waals surface area contributed by atoms with E-state index in [0.717, 1.165) is 48.8 Å². The van der Waals surface area contributed by atoms with Crippen LogP contribution in [0.4, 0.5) is 9.59 Å². The average Bonchev–Trinajstić information content (AvgIpc) is 2.84. The minimum Gasteiger partial charge on any atom is -0.413 e. The zero-order chi connectivity index (χ0) is 27.2. The van der Waals surface area contributed by atoms with Crippen LogP contribution in [0.25, 0.3) is 0 Å². The molecule has 2 N–H and O–H groups in total. The molecule has 0 fully saturated rings. The van der Waals surface area contributed by atoms with E-state index in [1.165, 1.54) is 0 Å². The maximum Gasteiger partial charge on any atom is 0.515 e. The first-order valence-electron chi connectivity index (χ1n) is 12.3. The van der Waals surface area contributed by atoms with E-state index in [1.54, 1.807) is 12.1 Å². The molecular formula is C27H36N2O8. The second-order valence-electron chi connectivity index (χ2n) is 8.92. The average molecular weight is 517 g/mol. The molecule has 2 amide bonds. The fraction of sp³-hybridized carbons (Fsp3) is 0.481. The lowest BCUT2D eigenvalue weighted by Gasteiger charge is -2.32. The third-order valence-corrected chi connectivity index (χ3v) is 6.05. The van der Waals surface area contributed by atoms with Crippen LogP contribution in [0.1, 0.15) is 69.9 Å². The number of hydrogen-bond donors (Lipinski definition) is 2. The number of benzene rings is 1. The van der Waals surface area contributed by atoms with Gasteiger partial charge in [0.1, 0.15) is 11.5 Å². The maximum absolute atomic E-state index is 12.5. The number of carbonyl (C=O) groups excluding carboxylic acids is 4. The van der Waals surface area contributed by atoms with E-state index in [4.69, 9.17) is 18.9 Å². The molecule has 10 heteroatoms. The summed E-state index contributed by atoms with van der Waals surface area (Å²) in [5.41, 5.74) is 3.35. The van der Waals surface area contributed by atoms with Crippen LogP contribution < -0.4 is 20.1 Å². The van der Waals surface area contributed by atoms with Crippen molar-refractivity contribution in [2.75, 3.05) is 13.5 Å². The van der Waals surface area contributed by atoms with E-state index in [0.29, 0.717) is 24.8 Å². The lowest BCUT2D eigenvalue weighted by Crippen LogP contribution is -2.24. The topological polar surface area (TPSA) is 129 Å². The standard InChI is InChI=1S/C27H36N2O8/c1-5-6-7-8-20-12-23(36-26(32)34-16-28-14-30)25(22-11-19(4)9-10-21(22)18(2)3)24(13-20)37-27(33)35-17-29-15-31/h11-15,21-22H,2,5-10,16-17H2,1,3-4H3,(H,28,30)(H,29,31).